The lowest BCUT2D eigenvalue weighted by Crippen LogP contribution is -2.08. The summed E-state index contributed by atoms with van der Waals surface area (Å²) in [5.74, 6) is 0.957. The normalized spacial score (nSPS) is 23.6. The Labute approximate surface area is 175 Å². The molecule has 3 rings (SSSR count). The van der Waals surface area contributed by atoms with Crippen molar-refractivity contribution >= 4 is 0 Å². The van der Waals surface area contributed by atoms with Crippen LogP contribution < -0.4 is 0 Å². The predicted molar refractivity (Wildman–Crippen MR) is 124 cm³/mol. The average molecular weight is 380 g/mol. The Morgan fingerprint density at radius 1 is 1.07 bits per heavy atom. The third-order valence-electron chi connectivity index (χ3n) is 5.45. The van der Waals surface area contributed by atoms with Crippen molar-refractivity contribution in [3.05, 3.63) is 120 Å². The highest BCUT2D eigenvalue weighted by atomic mass is 14.3. The fourth-order valence-electron chi connectivity index (χ4n) is 3.76. The van der Waals surface area contributed by atoms with Gasteiger partial charge in [0, 0.05) is 11.5 Å². The van der Waals surface area contributed by atoms with E-state index in [0.717, 1.165) is 25.7 Å². The van der Waals surface area contributed by atoms with Gasteiger partial charge in [-0.15, -0.1) is 0 Å². The lowest BCUT2D eigenvalue weighted by molar-refractivity contribution is 0.560. The molecule has 0 radical (unpaired) electrons. The number of rotatable bonds is 7. The van der Waals surface area contributed by atoms with E-state index in [-0.39, 0.29) is 0 Å². The number of hydrogen-bond donors (Lipinski definition) is 0. The van der Waals surface area contributed by atoms with Crippen molar-refractivity contribution in [2.45, 2.75) is 32.1 Å². The maximum Gasteiger partial charge on any atom is 0.0940 e. The second-order valence-electron chi connectivity index (χ2n) is 7.60. The molecule has 0 aromatic rings. The van der Waals surface area contributed by atoms with E-state index >= 15 is 0 Å². The van der Waals surface area contributed by atoms with E-state index in [2.05, 4.69) is 104 Å². The minimum atomic E-state index is 0.433. The van der Waals surface area contributed by atoms with Gasteiger partial charge in [0.1, 0.15) is 0 Å². The highest BCUT2D eigenvalue weighted by molar-refractivity contribution is 5.45. The van der Waals surface area contributed by atoms with Crippen LogP contribution in [0, 0.1) is 23.2 Å². The Morgan fingerprint density at radius 3 is 2.69 bits per heavy atom. The van der Waals surface area contributed by atoms with Crippen LogP contribution in [0.25, 0.3) is 0 Å². The zero-order valence-corrected chi connectivity index (χ0v) is 17.0. The van der Waals surface area contributed by atoms with Gasteiger partial charge in [-0.1, -0.05) is 97.7 Å². The van der Waals surface area contributed by atoms with E-state index in [9.17, 15) is 0 Å². The van der Waals surface area contributed by atoms with E-state index < -0.39 is 0 Å². The Bertz CT molecular complexity index is 916. The Kier molecular flexibility index (Phi) is 7.84. The van der Waals surface area contributed by atoms with Crippen molar-refractivity contribution < 1.29 is 0 Å². The van der Waals surface area contributed by atoms with Crippen LogP contribution in [0.4, 0.5) is 0 Å². The van der Waals surface area contributed by atoms with Gasteiger partial charge in [0.15, 0.2) is 0 Å². The van der Waals surface area contributed by atoms with Gasteiger partial charge in [-0.25, -0.2) is 0 Å². The maximum absolute atomic E-state index is 9.05. The Balaban J connectivity index is 1.68. The summed E-state index contributed by atoms with van der Waals surface area (Å²) < 4.78 is 0. The van der Waals surface area contributed by atoms with E-state index in [4.69, 9.17) is 5.26 Å². The van der Waals surface area contributed by atoms with Gasteiger partial charge < -0.3 is 0 Å². The first-order chi connectivity index (χ1) is 14.3. The molecule has 1 nitrogen and oxygen atoms in total. The van der Waals surface area contributed by atoms with Crippen LogP contribution in [0.2, 0.25) is 0 Å². The molecule has 0 fully saturated rings. The standard InChI is InChI=1S/C28H29N/c1-23(22-29)17-18-28-21-27-16-10-9-15-25(27)19-20-26(28)14-8-3-2-5-11-24-12-6-4-7-13-24/h2-3,5-6,8-16,20-21,25,27H,1,4,7,17-19H2/b3-2-,11-5+,14-8+. The number of allylic oxidation sites excluding steroid dienone is 19. The average Bonchev–Trinajstić information content (AvgIpc) is 2.94. The maximum atomic E-state index is 9.05. The van der Waals surface area contributed by atoms with Crippen molar-refractivity contribution in [3.8, 4) is 6.07 Å². The fraction of sp³-hybridized carbons (Fsp3) is 0.250. The molecular formula is C28H29N. The van der Waals surface area contributed by atoms with Crippen molar-refractivity contribution in [1.29, 1.82) is 5.26 Å². The molecule has 0 amide bonds. The molecule has 3 aliphatic rings. The van der Waals surface area contributed by atoms with Crippen LogP contribution in [0.1, 0.15) is 32.1 Å². The molecule has 2 unspecified atom stereocenters. The summed E-state index contributed by atoms with van der Waals surface area (Å²) in [6.45, 7) is 3.84. The van der Waals surface area contributed by atoms with Crippen LogP contribution in [0.15, 0.2) is 120 Å². The molecule has 0 heterocycles. The molecule has 146 valence electrons. The summed E-state index contributed by atoms with van der Waals surface area (Å²) in [6, 6.07) is 2.17. The number of fused-ring (bicyclic) bond motifs is 1. The van der Waals surface area contributed by atoms with Crippen molar-refractivity contribution in [2.75, 3.05) is 0 Å². The zero-order valence-electron chi connectivity index (χ0n) is 17.0. The molecule has 0 N–H and O–H groups in total. The molecule has 29 heavy (non-hydrogen) atoms. The summed E-state index contributed by atoms with van der Waals surface area (Å²) >= 11 is 0. The van der Waals surface area contributed by atoms with Gasteiger partial charge in [-0.05, 0) is 54.7 Å². The lowest BCUT2D eigenvalue weighted by atomic mass is 9.86. The minimum absolute atomic E-state index is 0.433. The van der Waals surface area contributed by atoms with Gasteiger partial charge in [0.25, 0.3) is 0 Å². The van der Waals surface area contributed by atoms with Crippen LogP contribution in [0.5, 0.6) is 0 Å². The molecule has 0 saturated carbocycles. The third-order valence-corrected chi connectivity index (χ3v) is 5.45. The van der Waals surface area contributed by atoms with Gasteiger partial charge in [-0.2, -0.15) is 5.26 Å². The van der Waals surface area contributed by atoms with Crippen molar-refractivity contribution in [2.24, 2.45) is 11.8 Å². The first-order valence-corrected chi connectivity index (χ1v) is 10.5. The summed E-state index contributed by atoms with van der Waals surface area (Å²) in [7, 11) is 0. The van der Waals surface area contributed by atoms with Crippen LogP contribution in [-0.4, -0.2) is 0 Å². The smallest absolute Gasteiger partial charge is 0.0940 e. The zero-order chi connectivity index (χ0) is 20.3. The van der Waals surface area contributed by atoms with Crippen LogP contribution in [-0.2, 0) is 0 Å². The Hall–Kier alpha value is -3.11. The van der Waals surface area contributed by atoms with Crippen molar-refractivity contribution in [1.82, 2.24) is 0 Å². The largest absolute Gasteiger partial charge is 0.193 e. The molecule has 0 aromatic carbocycles. The quantitative estimate of drug-likeness (QED) is 0.334. The monoisotopic (exact) mass is 379 g/mol. The van der Waals surface area contributed by atoms with Gasteiger partial charge in [-0.3, -0.25) is 0 Å². The molecule has 0 bridgehead atoms. The van der Waals surface area contributed by atoms with E-state index in [0.29, 0.717) is 23.8 Å². The molecule has 0 spiro atoms. The van der Waals surface area contributed by atoms with Crippen LogP contribution in [0.3, 0.4) is 0 Å². The predicted octanol–water partition coefficient (Wildman–Crippen LogP) is 7.41. The molecule has 0 aliphatic heterocycles. The second kappa shape index (κ2) is 11.0. The summed E-state index contributed by atoms with van der Waals surface area (Å²) in [6.07, 6.45) is 37.8. The summed E-state index contributed by atoms with van der Waals surface area (Å²) in [5, 5.41) is 9.05. The lowest BCUT2D eigenvalue weighted by Gasteiger charge is -2.19. The second-order valence-corrected chi connectivity index (χ2v) is 7.60. The molecule has 2 atom stereocenters. The van der Waals surface area contributed by atoms with Gasteiger partial charge in [0.2, 0.25) is 0 Å². The highest BCUT2D eigenvalue weighted by Gasteiger charge is 2.20. The minimum Gasteiger partial charge on any atom is -0.193 e. The number of hydrogen-bond acceptors (Lipinski definition) is 1. The summed E-state index contributed by atoms with van der Waals surface area (Å²) in [4.78, 5) is 0. The third kappa shape index (κ3) is 6.47. The molecule has 0 aromatic heterocycles. The molecule has 3 aliphatic carbocycles. The SMILES string of the molecule is C=C(C#N)CCC1=CC2C=CC=CC2CC=C1/C=C/C=C\C=C\C1=CCCC=C1. The first-order valence-electron chi connectivity index (χ1n) is 10.5. The Morgan fingerprint density at radius 2 is 1.90 bits per heavy atom. The van der Waals surface area contributed by atoms with E-state index in [1.54, 1.807) is 0 Å². The summed E-state index contributed by atoms with van der Waals surface area (Å²) in [5.41, 5.74) is 4.50. The van der Waals surface area contributed by atoms with E-state index in [1.807, 2.05) is 0 Å². The topological polar surface area (TPSA) is 23.8 Å². The first kappa shape index (κ1) is 20.6. The fourth-order valence-corrected chi connectivity index (χ4v) is 3.76. The molecular weight excluding hydrogens is 350 g/mol. The van der Waals surface area contributed by atoms with Crippen molar-refractivity contribution in [3.63, 3.8) is 0 Å². The van der Waals surface area contributed by atoms with Crippen LogP contribution >= 0.6 is 0 Å². The van der Waals surface area contributed by atoms with Gasteiger partial charge >= 0.3 is 0 Å². The molecule has 0 saturated heterocycles. The number of nitrogens with zero attached hydrogens (tertiary/aromatic N) is 1. The van der Waals surface area contributed by atoms with Gasteiger partial charge in [0.05, 0.1) is 6.07 Å². The number of nitriles is 1. The highest BCUT2D eigenvalue weighted by Crippen LogP contribution is 2.33. The van der Waals surface area contributed by atoms with E-state index in [1.165, 1.54) is 16.7 Å². The molecule has 1 heteroatoms.